The summed E-state index contributed by atoms with van der Waals surface area (Å²) in [6.45, 7) is 0.00508. The molecule has 0 radical (unpaired) electrons. The highest BCUT2D eigenvalue weighted by Gasteiger charge is 2.18. The predicted octanol–water partition coefficient (Wildman–Crippen LogP) is 5.52. The molecule has 0 bridgehead atoms. The number of fused-ring (bicyclic) bond motifs is 1. The van der Waals surface area contributed by atoms with Gasteiger partial charge in [0.2, 0.25) is 4.80 Å². The van der Waals surface area contributed by atoms with Crippen LogP contribution in [0.25, 0.3) is 11.3 Å². The van der Waals surface area contributed by atoms with Gasteiger partial charge in [-0.1, -0.05) is 12.1 Å². The summed E-state index contributed by atoms with van der Waals surface area (Å²) in [4.78, 5) is 18.2. The van der Waals surface area contributed by atoms with Gasteiger partial charge in [0.05, 0.1) is 23.3 Å². The number of aromatic nitrogens is 1. The third kappa shape index (κ3) is 4.80. The van der Waals surface area contributed by atoms with E-state index >= 15 is 0 Å². The summed E-state index contributed by atoms with van der Waals surface area (Å²) in [6.07, 6.45) is 3.80. The lowest BCUT2D eigenvalue weighted by molar-refractivity contribution is -0.118. The standard InChI is InChI=1S/C25H19FN4O2S2/c1-33-20-9-2-16(3-10-20)13-27-30-22(15-34-25(30)28-19-7-5-18(26)6-8-19)17-4-11-23-21(12-17)29-24(31)14-32-23/h2-13,15H,14H2,1H3,(H,29,31). The van der Waals surface area contributed by atoms with Crippen LogP contribution in [0.2, 0.25) is 0 Å². The van der Waals surface area contributed by atoms with Gasteiger partial charge in [0, 0.05) is 15.8 Å². The molecule has 5 rings (SSSR count). The number of carbonyl (C=O) groups excluding carboxylic acids is 1. The highest BCUT2D eigenvalue weighted by atomic mass is 32.2. The Hall–Kier alpha value is -3.69. The molecule has 3 aromatic carbocycles. The van der Waals surface area contributed by atoms with Crippen LogP contribution in [0.4, 0.5) is 15.8 Å². The molecule has 1 aliphatic heterocycles. The first-order chi connectivity index (χ1) is 16.6. The number of halogens is 1. The van der Waals surface area contributed by atoms with Crippen LogP contribution in [-0.2, 0) is 4.79 Å². The molecule has 6 nitrogen and oxygen atoms in total. The van der Waals surface area contributed by atoms with Crippen molar-refractivity contribution >= 4 is 46.6 Å². The fraction of sp³-hybridized carbons (Fsp3) is 0.0800. The van der Waals surface area contributed by atoms with Crippen molar-refractivity contribution in [2.45, 2.75) is 4.90 Å². The number of ether oxygens (including phenoxy) is 1. The summed E-state index contributed by atoms with van der Waals surface area (Å²) >= 11 is 3.10. The quantitative estimate of drug-likeness (QED) is 0.296. The molecular weight excluding hydrogens is 471 g/mol. The minimum atomic E-state index is -0.316. The zero-order valence-corrected chi connectivity index (χ0v) is 19.7. The number of nitrogens with zero attached hydrogens (tertiary/aromatic N) is 3. The average molecular weight is 491 g/mol. The van der Waals surface area contributed by atoms with Gasteiger partial charge in [0.1, 0.15) is 11.6 Å². The van der Waals surface area contributed by atoms with Crippen molar-refractivity contribution < 1.29 is 13.9 Å². The number of thiazole rings is 1. The lowest BCUT2D eigenvalue weighted by atomic mass is 10.1. The zero-order chi connectivity index (χ0) is 23.5. The van der Waals surface area contributed by atoms with Crippen molar-refractivity contribution in [2.24, 2.45) is 10.1 Å². The molecule has 9 heteroatoms. The Kier molecular flexibility index (Phi) is 6.29. The molecule has 2 heterocycles. The van der Waals surface area contributed by atoms with Crippen LogP contribution in [-0.4, -0.2) is 29.7 Å². The van der Waals surface area contributed by atoms with Gasteiger partial charge in [0.25, 0.3) is 5.91 Å². The topological polar surface area (TPSA) is 68.0 Å². The summed E-state index contributed by atoms with van der Waals surface area (Å²) in [5.41, 5.74) is 3.82. The number of rotatable bonds is 5. The molecule has 0 saturated heterocycles. The Morgan fingerprint density at radius 2 is 1.91 bits per heavy atom. The van der Waals surface area contributed by atoms with Crippen molar-refractivity contribution in [3.8, 4) is 17.0 Å². The van der Waals surface area contributed by atoms with E-state index in [9.17, 15) is 9.18 Å². The Labute approximate surface area is 203 Å². The number of hydrogen-bond acceptors (Lipinski definition) is 6. The molecule has 4 aromatic rings. The SMILES string of the molecule is CSc1ccc(C=Nn2c(-c3ccc4c(c3)NC(=O)CO4)csc2=Nc2ccc(F)cc2)cc1. The van der Waals surface area contributed by atoms with Gasteiger partial charge < -0.3 is 10.1 Å². The van der Waals surface area contributed by atoms with E-state index in [0.717, 1.165) is 16.8 Å². The molecule has 0 aliphatic carbocycles. The van der Waals surface area contributed by atoms with Crippen LogP contribution < -0.4 is 14.9 Å². The Bertz CT molecular complexity index is 1440. The van der Waals surface area contributed by atoms with Gasteiger partial charge in [-0.25, -0.2) is 14.1 Å². The molecule has 0 unspecified atom stereocenters. The smallest absolute Gasteiger partial charge is 0.262 e. The summed E-state index contributed by atoms with van der Waals surface area (Å²) in [6, 6.07) is 19.7. The first kappa shape index (κ1) is 22.1. The average Bonchev–Trinajstić information content (AvgIpc) is 3.26. The summed E-state index contributed by atoms with van der Waals surface area (Å²) in [7, 11) is 0. The van der Waals surface area contributed by atoms with E-state index in [0.29, 0.717) is 21.9 Å². The van der Waals surface area contributed by atoms with Gasteiger partial charge in [0.15, 0.2) is 6.61 Å². The highest BCUT2D eigenvalue weighted by Crippen LogP contribution is 2.33. The third-order valence-electron chi connectivity index (χ3n) is 5.08. The van der Waals surface area contributed by atoms with Crippen molar-refractivity contribution in [3.63, 3.8) is 0 Å². The molecule has 0 spiro atoms. The maximum atomic E-state index is 13.3. The fourth-order valence-corrected chi connectivity index (χ4v) is 4.63. The lowest BCUT2D eigenvalue weighted by Gasteiger charge is -2.18. The number of anilines is 1. The minimum absolute atomic E-state index is 0.00508. The monoisotopic (exact) mass is 490 g/mol. The van der Waals surface area contributed by atoms with Gasteiger partial charge in [-0.2, -0.15) is 5.10 Å². The minimum Gasteiger partial charge on any atom is -0.482 e. The Balaban J connectivity index is 1.59. The van der Waals surface area contributed by atoms with Crippen molar-refractivity contribution in [1.82, 2.24) is 4.68 Å². The van der Waals surface area contributed by atoms with E-state index < -0.39 is 0 Å². The summed E-state index contributed by atoms with van der Waals surface area (Å²) in [5.74, 6) is 0.115. The number of hydrogen-bond donors (Lipinski definition) is 1. The van der Waals surface area contributed by atoms with Gasteiger partial charge in [-0.15, -0.1) is 23.1 Å². The highest BCUT2D eigenvalue weighted by molar-refractivity contribution is 7.98. The second kappa shape index (κ2) is 9.66. The first-order valence-corrected chi connectivity index (χ1v) is 12.5. The normalized spacial score (nSPS) is 13.6. The Morgan fingerprint density at radius 3 is 2.68 bits per heavy atom. The molecule has 1 N–H and O–H groups in total. The van der Waals surface area contributed by atoms with Crippen LogP contribution in [0.1, 0.15) is 5.56 Å². The van der Waals surface area contributed by atoms with E-state index in [4.69, 9.17) is 9.84 Å². The van der Waals surface area contributed by atoms with Gasteiger partial charge in [-0.3, -0.25) is 4.79 Å². The number of carbonyl (C=O) groups is 1. The molecule has 0 saturated carbocycles. The maximum Gasteiger partial charge on any atom is 0.262 e. The van der Waals surface area contributed by atoms with E-state index in [1.807, 2.05) is 54.1 Å². The number of benzene rings is 3. The second-order valence-corrected chi connectivity index (χ2v) is 9.09. The van der Waals surface area contributed by atoms with E-state index in [-0.39, 0.29) is 18.3 Å². The van der Waals surface area contributed by atoms with Crippen LogP contribution in [0.5, 0.6) is 5.75 Å². The third-order valence-corrected chi connectivity index (χ3v) is 6.64. The molecule has 1 aliphatic rings. The number of amides is 1. The van der Waals surface area contributed by atoms with E-state index in [1.54, 1.807) is 34.8 Å². The second-order valence-electron chi connectivity index (χ2n) is 7.37. The molecular formula is C25H19FN4O2S2. The first-order valence-electron chi connectivity index (χ1n) is 10.4. The number of thioether (sulfide) groups is 1. The summed E-state index contributed by atoms with van der Waals surface area (Å²) in [5, 5.41) is 9.51. The number of nitrogens with one attached hydrogen (secondary N) is 1. The molecule has 0 atom stereocenters. The lowest BCUT2D eigenvalue weighted by Crippen LogP contribution is -2.25. The van der Waals surface area contributed by atoms with E-state index in [2.05, 4.69) is 10.3 Å². The molecule has 1 amide bonds. The van der Waals surface area contributed by atoms with Gasteiger partial charge in [-0.05, 0) is 66.4 Å². The predicted molar refractivity (Wildman–Crippen MR) is 135 cm³/mol. The Morgan fingerprint density at radius 1 is 1.12 bits per heavy atom. The van der Waals surface area contributed by atoms with Gasteiger partial charge >= 0.3 is 0 Å². The van der Waals surface area contributed by atoms with Crippen LogP contribution in [0.3, 0.4) is 0 Å². The fourth-order valence-electron chi connectivity index (χ4n) is 3.37. The molecule has 0 fully saturated rings. The summed E-state index contributed by atoms with van der Waals surface area (Å²) < 4.78 is 20.6. The van der Waals surface area contributed by atoms with Crippen molar-refractivity contribution in [1.29, 1.82) is 0 Å². The van der Waals surface area contributed by atoms with Crippen molar-refractivity contribution in [2.75, 3.05) is 18.2 Å². The zero-order valence-electron chi connectivity index (χ0n) is 18.1. The molecule has 1 aromatic heterocycles. The van der Waals surface area contributed by atoms with Crippen LogP contribution >= 0.6 is 23.1 Å². The van der Waals surface area contributed by atoms with Crippen LogP contribution in [0, 0.1) is 5.82 Å². The van der Waals surface area contributed by atoms with Crippen molar-refractivity contribution in [3.05, 3.63) is 88.3 Å². The molecule has 34 heavy (non-hydrogen) atoms. The molecule has 170 valence electrons. The van der Waals surface area contributed by atoms with Crippen LogP contribution in [0.15, 0.2) is 87.1 Å². The maximum absolute atomic E-state index is 13.3. The largest absolute Gasteiger partial charge is 0.482 e. The van der Waals surface area contributed by atoms with E-state index in [1.165, 1.54) is 28.4 Å².